The maximum Gasteiger partial charge on any atom is 0.207 e. The first-order valence-corrected chi connectivity index (χ1v) is 5.31. The predicted molar refractivity (Wildman–Crippen MR) is 70.5 cm³/mol. The molecule has 0 spiro atoms. The van der Waals surface area contributed by atoms with Crippen molar-refractivity contribution >= 4 is 34.3 Å². The van der Waals surface area contributed by atoms with E-state index in [1.807, 2.05) is 24.3 Å². The van der Waals surface area contributed by atoms with Crippen molar-refractivity contribution in [3.05, 3.63) is 36.9 Å². The van der Waals surface area contributed by atoms with Crippen molar-refractivity contribution in [1.29, 1.82) is 0 Å². The first kappa shape index (κ1) is 10.6. The summed E-state index contributed by atoms with van der Waals surface area (Å²) in [6, 6.07) is 7.81. The largest absolute Gasteiger partial charge is 0.359 e. The monoisotopic (exact) mass is 232 g/mol. The van der Waals surface area contributed by atoms with Gasteiger partial charge >= 0.3 is 0 Å². The minimum Gasteiger partial charge on any atom is -0.359 e. The number of rotatable bonds is 3. The Balaban J connectivity index is 2.09. The fourth-order valence-corrected chi connectivity index (χ4v) is 1.51. The van der Waals surface area contributed by atoms with Crippen molar-refractivity contribution in [2.24, 2.45) is 0 Å². The Morgan fingerprint density at radius 2 is 2.31 bits per heavy atom. The second kappa shape index (κ2) is 4.76. The Morgan fingerprint density at radius 3 is 3.06 bits per heavy atom. The molecule has 2 rings (SSSR count). The third-order valence-electron chi connectivity index (χ3n) is 2.03. The van der Waals surface area contributed by atoms with E-state index in [2.05, 4.69) is 27.2 Å². The van der Waals surface area contributed by atoms with E-state index in [0.29, 0.717) is 17.6 Å². The van der Waals surface area contributed by atoms with E-state index in [1.54, 1.807) is 6.08 Å². The zero-order chi connectivity index (χ0) is 11.4. The van der Waals surface area contributed by atoms with Crippen LogP contribution in [0.3, 0.4) is 0 Å². The molecule has 0 radical (unpaired) electrons. The molecule has 4 nitrogen and oxygen atoms in total. The van der Waals surface area contributed by atoms with Crippen LogP contribution < -0.4 is 10.6 Å². The zero-order valence-electron chi connectivity index (χ0n) is 8.66. The predicted octanol–water partition coefficient (Wildman–Crippen LogP) is 2.04. The molecule has 1 aromatic heterocycles. The van der Waals surface area contributed by atoms with Gasteiger partial charge in [-0.2, -0.15) is 0 Å². The van der Waals surface area contributed by atoms with Crippen LogP contribution in [0, 0.1) is 0 Å². The van der Waals surface area contributed by atoms with E-state index < -0.39 is 0 Å². The fraction of sp³-hybridized carbons (Fsp3) is 0.0909. The number of thiocarbonyl (C=S) groups is 1. The lowest BCUT2D eigenvalue weighted by atomic mass is 10.3. The summed E-state index contributed by atoms with van der Waals surface area (Å²) in [5.74, 6) is 0.641. The molecule has 3 N–H and O–H groups in total. The van der Waals surface area contributed by atoms with E-state index in [1.165, 1.54) is 0 Å². The Morgan fingerprint density at radius 1 is 1.50 bits per heavy atom. The number of hydrogen-bond donors (Lipinski definition) is 3. The topological polar surface area (TPSA) is 52.7 Å². The third kappa shape index (κ3) is 2.38. The van der Waals surface area contributed by atoms with Crippen LogP contribution in [0.2, 0.25) is 0 Å². The molecular weight excluding hydrogens is 220 g/mol. The number of aromatic amines is 1. The maximum absolute atomic E-state index is 5.08. The average molecular weight is 232 g/mol. The highest BCUT2D eigenvalue weighted by Gasteiger charge is 2.02. The first-order valence-electron chi connectivity index (χ1n) is 4.90. The van der Waals surface area contributed by atoms with Crippen molar-refractivity contribution < 1.29 is 0 Å². The molecule has 0 bridgehead atoms. The third-order valence-corrected chi connectivity index (χ3v) is 2.27. The molecule has 0 atom stereocenters. The summed E-state index contributed by atoms with van der Waals surface area (Å²) in [5, 5.41) is 6.47. The van der Waals surface area contributed by atoms with Crippen LogP contribution in [0.1, 0.15) is 0 Å². The van der Waals surface area contributed by atoms with Crippen molar-refractivity contribution in [3.8, 4) is 0 Å². The smallest absolute Gasteiger partial charge is 0.207 e. The molecule has 0 aliphatic carbocycles. The molecule has 82 valence electrons. The standard InChI is InChI=1S/C11H12N4S/c1-2-7-12-11(16)15-10-13-8-5-3-4-6-9(8)14-10/h2-6H,1,7H2,(H3,12,13,14,15,16). The van der Waals surface area contributed by atoms with E-state index in [4.69, 9.17) is 12.2 Å². The lowest BCUT2D eigenvalue weighted by Crippen LogP contribution is -2.28. The number of imidazole rings is 1. The molecule has 0 unspecified atom stereocenters. The van der Waals surface area contributed by atoms with Gasteiger partial charge in [0.2, 0.25) is 5.95 Å². The normalized spacial score (nSPS) is 10.0. The van der Waals surface area contributed by atoms with Gasteiger partial charge in [-0.3, -0.25) is 0 Å². The van der Waals surface area contributed by atoms with Crippen LogP contribution in [0.25, 0.3) is 11.0 Å². The van der Waals surface area contributed by atoms with Crippen LogP contribution >= 0.6 is 12.2 Å². The number of nitrogens with zero attached hydrogens (tertiary/aromatic N) is 1. The van der Waals surface area contributed by atoms with Crippen LogP contribution in [0.4, 0.5) is 5.95 Å². The minimum atomic E-state index is 0.527. The van der Waals surface area contributed by atoms with Crippen molar-refractivity contribution in [1.82, 2.24) is 15.3 Å². The number of H-pyrrole nitrogens is 1. The van der Waals surface area contributed by atoms with Gasteiger partial charge in [-0.05, 0) is 24.4 Å². The van der Waals surface area contributed by atoms with Gasteiger partial charge in [0.25, 0.3) is 0 Å². The fourth-order valence-electron chi connectivity index (χ4n) is 1.33. The van der Waals surface area contributed by atoms with Gasteiger partial charge in [-0.15, -0.1) is 6.58 Å². The van der Waals surface area contributed by atoms with Gasteiger partial charge in [-0.1, -0.05) is 18.2 Å². The first-order chi connectivity index (χ1) is 7.79. The quantitative estimate of drug-likeness (QED) is 0.560. The van der Waals surface area contributed by atoms with E-state index in [9.17, 15) is 0 Å². The van der Waals surface area contributed by atoms with E-state index >= 15 is 0 Å². The molecule has 2 aromatic rings. The number of fused-ring (bicyclic) bond motifs is 1. The lowest BCUT2D eigenvalue weighted by Gasteiger charge is -2.04. The van der Waals surface area contributed by atoms with Gasteiger partial charge < -0.3 is 15.6 Å². The van der Waals surface area contributed by atoms with Gasteiger partial charge in [-0.25, -0.2) is 4.98 Å². The van der Waals surface area contributed by atoms with E-state index in [0.717, 1.165) is 11.0 Å². The Hall–Kier alpha value is -1.88. The maximum atomic E-state index is 5.08. The Kier molecular flexibility index (Phi) is 3.16. The number of anilines is 1. The number of aromatic nitrogens is 2. The van der Waals surface area contributed by atoms with Crippen molar-refractivity contribution in [2.75, 3.05) is 11.9 Å². The SMILES string of the molecule is C=CCNC(=S)Nc1nc2ccccc2[nH]1. The van der Waals surface area contributed by atoms with Crippen LogP contribution in [0.5, 0.6) is 0 Å². The number of para-hydroxylation sites is 2. The molecule has 0 amide bonds. The summed E-state index contributed by atoms with van der Waals surface area (Å²) in [4.78, 5) is 7.47. The van der Waals surface area contributed by atoms with Crippen LogP contribution in [-0.2, 0) is 0 Å². The number of hydrogen-bond acceptors (Lipinski definition) is 2. The second-order valence-electron chi connectivity index (χ2n) is 3.23. The Labute approximate surface area is 98.8 Å². The average Bonchev–Trinajstić information content (AvgIpc) is 2.68. The summed E-state index contributed by atoms with van der Waals surface area (Å²) in [6.45, 7) is 4.23. The molecule has 0 aliphatic heterocycles. The molecule has 5 heteroatoms. The number of benzene rings is 1. The Bertz CT molecular complexity index is 484. The summed E-state index contributed by atoms with van der Waals surface area (Å²) >= 11 is 5.08. The summed E-state index contributed by atoms with van der Waals surface area (Å²) in [6.07, 6.45) is 1.74. The second-order valence-corrected chi connectivity index (χ2v) is 3.63. The zero-order valence-corrected chi connectivity index (χ0v) is 9.47. The summed E-state index contributed by atoms with van der Waals surface area (Å²) < 4.78 is 0. The molecule has 0 saturated carbocycles. The highest BCUT2D eigenvalue weighted by atomic mass is 32.1. The van der Waals surface area contributed by atoms with E-state index in [-0.39, 0.29) is 0 Å². The summed E-state index contributed by atoms with van der Waals surface area (Å²) in [7, 11) is 0. The van der Waals surface area contributed by atoms with Crippen molar-refractivity contribution in [3.63, 3.8) is 0 Å². The molecule has 0 aliphatic rings. The van der Waals surface area contributed by atoms with Gasteiger partial charge in [0.15, 0.2) is 5.11 Å². The summed E-state index contributed by atoms with van der Waals surface area (Å²) in [5.41, 5.74) is 1.90. The van der Waals surface area contributed by atoms with Gasteiger partial charge in [0.05, 0.1) is 11.0 Å². The van der Waals surface area contributed by atoms with Gasteiger partial charge in [0, 0.05) is 6.54 Å². The molecule has 16 heavy (non-hydrogen) atoms. The minimum absolute atomic E-state index is 0.527. The molecule has 0 fully saturated rings. The highest BCUT2D eigenvalue weighted by Crippen LogP contribution is 2.12. The molecule has 1 aromatic carbocycles. The molecule has 1 heterocycles. The van der Waals surface area contributed by atoms with Crippen LogP contribution in [-0.4, -0.2) is 21.6 Å². The molecular formula is C11H12N4S. The lowest BCUT2D eigenvalue weighted by molar-refractivity contribution is 1.06. The van der Waals surface area contributed by atoms with Gasteiger partial charge in [0.1, 0.15) is 0 Å². The van der Waals surface area contributed by atoms with Crippen molar-refractivity contribution in [2.45, 2.75) is 0 Å². The molecule has 0 saturated heterocycles. The highest BCUT2D eigenvalue weighted by molar-refractivity contribution is 7.80. The van der Waals surface area contributed by atoms with Crippen LogP contribution in [0.15, 0.2) is 36.9 Å². The number of nitrogens with one attached hydrogen (secondary N) is 3.